The monoisotopic (exact) mass is 304 g/mol. The Morgan fingerprint density at radius 1 is 1.26 bits per heavy atom. The van der Waals surface area contributed by atoms with E-state index in [4.69, 9.17) is 0 Å². The maximum Gasteiger partial charge on any atom is 0.250 e. The minimum absolute atomic E-state index is 0.0261. The second-order valence-corrected chi connectivity index (χ2v) is 7.76. The van der Waals surface area contributed by atoms with Gasteiger partial charge in [-0.05, 0) is 51.4 Å². The van der Waals surface area contributed by atoms with Crippen LogP contribution in [0, 0.1) is 0 Å². The van der Waals surface area contributed by atoms with Crippen molar-refractivity contribution in [1.82, 2.24) is 10.0 Å². The number of rotatable bonds is 9. The Labute approximate surface area is 120 Å². The van der Waals surface area contributed by atoms with Crippen molar-refractivity contribution in [1.29, 1.82) is 0 Å². The summed E-state index contributed by atoms with van der Waals surface area (Å²) in [5.41, 5.74) is 0. The van der Waals surface area contributed by atoms with Gasteiger partial charge >= 0.3 is 0 Å². The van der Waals surface area contributed by atoms with Crippen LogP contribution in [0.1, 0.15) is 38.5 Å². The van der Waals surface area contributed by atoms with E-state index in [1.165, 1.54) is 11.3 Å². The first kappa shape index (κ1) is 16.6. The van der Waals surface area contributed by atoms with Gasteiger partial charge in [0.15, 0.2) is 0 Å². The van der Waals surface area contributed by atoms with E-state index >= 15 is 0 Å². The van der Waals surface area contributed by atoms with Gasteiger partial charge in [-0.3, -0.25) is 0 Å². The molecule has 1 rings (SSSR count). The van der Waals surface area contributed by atoms with Crippen LogP contribution in [0.3, 0.4) is 0 Å². The highest BCUT2D eigenvalue weighted by molar-refractivity contribution is 7.91. The Morgan fingerprint density at radius 2 is 2.00 bits per heavy atom. The van der Waals surface area contributed by atoms with Crippen LogP contribution < -0.4 is 10.0 Å². The predicted octanol–water partition coefficient (Wildman–Crippen LogP) is 2.37. The van der Waals surface area contributed by atoms with Crippen molar-refractivity contribution in [2.24, 2.45) is 0 Å². The number of hydrogen-bond donors (Lipinski definition) is 2. The van der Waals surface area contributed by atoms with Gasteiger partial charge in [-0.1, -0.05) is 13.8 Å². The first-order valence-electron chi connectivity index (χ1n) is 6.81. The van der Waals surface area contributed by atoms with E-state index in [0.29, 0.717) is 4.21 Å². The quantitative estimate of drug-likeness (QED) is 0.689. The molecule has 0 saturated heterocycles. The fraction of sp³-hybridized carbons (Fsp3) is 0.692. The molecule has 0 fully saturated rings. The van der Waals surface area contributed by atoms with Crippen LogP contribution in [-0.2, 0) is 16.4 Å². The van der Waals surface area contributed by atoms with Gasteiger partial charge in [0, 0.05) is 10.9 Å². The molecule has 1 heterocycles. The van der Waals surface area contributed by atoms with Crippen molar-refractivity contribution in [2.75, 3.05) is 13.1 Å². The summed E-state index contributed by atoms with van der Waals surface area (Å²) < 4.78 is 27.2. The minimum Gasteiger partial charge on any atom is -0.316 e. The molecule has 0 aromatic carbocycles. The minimum atomic E-state index is -3.34. The number of sulfonamides is 1. The zero-order valence-corrected chi connectivity index (χ0v) is 13.5. The largest absolute Gasteiger partial charge is 0.316 e. The highest BCUT2D eigenvalue weighted by Crippen LogP contribution is 2.22. The lowest BCUT2D eigenvalue weighted by Crippen LogP contribution is -2.31. The summed E-state index contributed by atoms with van der Waals surface area (Å²) in [4.78, 5) is 1.10. The third kappa shape index (κ3) is 5.60. The fourth-order valence-electron chi connectivity index (χ4n) is 1.56. The summed E-state index contributed by atoms with van der Waals surface area (Å²) >= 11 is 1.36. The van der Waals surface area contributed by atoms with Gasteiger partial charge in [0.25, 0.3) is 0 Å². The van der Waals surface area contributed by atoms with E-state index in [-0.39, 0.29) is 6.04 Å². The molecule has 0 aliphatic rings. The summed E-state index contributed by atoms with van der Waals surface area (Å²) in [5.74, 6) is 0. The molecule has 1 unspecified atom stereocenters. The molecule has 1 atom stereocenters. The predicted molar refractivity (Wildman–Crippen MR) is 81.3 cm³/mol. The fourth-order valence-corrected chi connectivity index (χ4v) is 4.26. The van der Waals surface area contributed by atoms with Gasteiger partial charge in [-0.25, -0.2) is 13.1 Å². The maximum absolute atomic E-state index is 12.1. The van der Waals surface area contributed by atoms with E-state index in [1.54, 1.807) is 6.07 Å². The lowest BCUT2D eigenvalue weighted by atomic mass is 10.3. The van der Waals surface area contributed by atoms with Gasteiger partial charge in [-0.2, -0.15) is 0 Å². The van der Waals surface area contributed by atoms with Crippen LogP contribution in [0.4, 0.5) is 0 Å². The number of thiophene rings is 1. The Bertz CT molecular complexity index is 469. The smallest absolute Gasteiger partial charge is 0.250 e. The van der Waals surface area contributed by atoms with Crippen LogP contribution in [0.2, 0.25) is 0 Å². The molecule has 19 heavy (non-hydrogen) atoms. The van der Waals surface area contributed by atoms with Crippen molar-refractivity contribution in [3.05, 3.63) is 17.0 Å². The molecule has 1 aromatic rings. The second kappa shape index (κ2) is 7.99. The average molecular weight is 304 g/mol. The van der Waals surface area contributed by atoms with Crippen LogP contribution in [0.25, 0.3) is 0 Å². The normalized spacial score (nSPS) is 13.6. The molecule has 6 heteroatoms. The highest BCUT2D eigenvalue weighted by Gasteiger charge is 2.18. The summed E-state index contributed by atoms with van der Waals surface area (Å²) in [5, 5.41) is 3.31. The topological polar surface area (TPSA) is 58.2 Å². The standard InChI is InChI=1S/C13H24N2O2S2/c1-4-9-14-10-8-12-6-7-13(18-12)19(16,17)15-11(3)5-2/h6-7,11,14-15H,4-5,8-10H2,1-3H3. The Kier molecular flexibility index (Phi) is 6.99. The van der Waals surface area contributed by atoms with E-state index in [2.05, 4.69) is 17.0 Å². The van der Waals surface area contributed by atoms with Crippen molar-refractivity contribution < 1.29 is 8.42 Å². The zero-order valence-electron chi connectivity index (χ0n) is 11.9. The molecule has 0 amide bonds. The lowest BCUT2D eigenvalue weighted by molar-refractivity contribution is 0.558. The van der Waals surface area contributed by atoms with E-state index in [1.807, 2.05) is 19.9 Å². The molecule has 4 nitrogen and oxygen atoms in total. The van der Waals surface area contributed by atoms with E-state index in [0.717, 1.165) is 37.2 Å². The lowest BCUT2D eigenvalue weighted by Gasteiger charge is -2.10. The molecule has 0 spiro atoms. The molecule has 2 N–H and O–H groups in total. The van der Waals surface area contributed by atoms with Crippen LogP contribution in [0.5, 0.6) is 0 Å². The molecular weight excluding hydrogens is 280 g/mol. The maximum atomic E-state index is 12.1. The third-order valence-corrected chi connectivity index (χ3v) is 6.07. The molecule has 0 aliphatic carbocycles. The average Bonchev–Trinajstić information content (AvgIpc) is 2.83. The Morgan fingerprint density at radius 3 is 2.63 bits per heavy atom. The van der Waals surface area contributed by atoms with Crippen molar-refractivity contribution in [2.45, 2.75) is 50.3 Å². The molecule has 0 aliphatic heterocycles. The van der Waals surface area contributed by atoms with E-state index in [9.17, 15) is 8.42 Å². The van der Waals surface area contributed by atoms with Crippen LogP contribution >= 0.6 is 11.3 Å². The summed E-state index contributed by atoms with van der Waals surface area (Å²) in [7, 11) is -3.34. The van der Waals surface area contributed by atoms with Crippen molar-refractivity contribution in [3.63, 3.8) is 0 Å². The van der Waals surface area contributed by atoms with Crippen molar-refractivity contribution in [3.8, 4) is 0 Å². The van der Waals surface area contributed by atoms with Crippen molar-refractivity contribution >= 4 is 21.4 Å². The van der Waals surface area contributed by atoms with Gasteiger partial charge in [0.1, 0.15) is 4.21 Å². The van der Waals surface area contributed by atoms with Gasteiger partial charge in [0.2, 0.25) is 10.0 Å². The van der Waals surface area contributed by atoms with Gasteiger partial charge in [0.05, 0.1) is 0 Å². The highest BCUT2D eigenvalue weighted by atomic mass is 32.2. The SMILES string of the molecule is CCCNCCc1ccc(S(=O)(=O)NC(C)CC)s1. The number of nitrogens with one attached hydrogen (secondary N) is 2. The van der Waals surface area contributed by atoms with E-state index < -0.39 is 10.0 Å². The molecule has 0 saturated carbocycles. The number of hydrogen-bond acceptors (Lipinski definition) is 4. The first-order valence-corrected chi connectivity index (χ1v) is 9.11. The Hall–Kier alpha value is -0.430. The second-order valence-electron chi connectivity index (χ2n) is 4.65. The van der Waals surface area contributed by atoms with Crippen LogP contribution in [0.15, 0.2) is 16.3 Å². The van der Waals surface area contributed by atoms with Crippen LogP contribution in [-0.4, -0.2) is 27.5 Å². The van der Waals surface area contributed by atoms with Gasteiger partial charge in [-0.15, -0.1) is 11.3 Å². The molecule has 110 valence electrons. The Balaban J connectivity index is 2.58. The molecule has 0 bridgehead atoms. The van der Waals surface area contributed by atoms with Gasteiger partial charge < -0.3 is 5.32 Å². The summed E-state index contributed by atoms with van der Waals surface area (Å²) in [6.07, 6.45) is 2.78. The summed E-state index contributed by atoms with van der Waals surface area (Å²) in [6.45, 7) is 7.87. The first-order chi connectivity index (χ1) is 8.99. The zero-order chi connectivity index (χ0) is 14.3. The molecular formula is C13H24N2O2S2. The third-order valence-electron chi connectivity index (χ3n) is 2.85. The molecule has 1 aromatic heterocycles. The molecule has 0 radical (unpaired) electrons. The summed E-state index contributed by atoms with van der Waals surface area (Å²) in [6, 6.07) is 3.58.